The number of amides is 1. The SMILES string of the molecule is Nc1ccc(F)cc1SC1CCc2ccccc2NC1=O. The highest BCUT2D eigenvalue weighted by atomic mass is 32.2. The number of hydrogen-bond acceptors (Lipinski definition) is 3. The molecule has 0 saturated carbocycles. The Hall–Kier alpha value is -2.01. The van der Waals surface area contributed by atoms with Crippen LogP contribution in [0, 0.1) is 5.82 Å². The number of thioether (sulfide) groups is 1. The van der Waals surface area contributed by atoms with Crippen LogP contribution in [0.15, 0.2) is 47.4 Å². The molecule has 3 rings (SSSR count). The summed E-state index contributed by atoms with van der Waals surface area (Å²) < 4.78 is 13.3. The third kappa shape index (κ3) is 3.03. The molecule has 1 amide bonds. The number of nitrogens with one attached hydrogen (secondary N) is 1. The minimum atomic E-state index is -0.344. The van der Waals surface area contributed by atoms with Crippen molar-refractivity contribution in [3.05, 3.63) is 53.8 Å². The van der Waals surface area contributed by atoms with Crippen LogP contribution in [0.25, 0.3) is 0 Å². The molecule has 0 spiro atoms. The number of aryl methyl sites for hydroxylation is 1. The number of carbonyl (C=O) groups is 1. The smallest absolute Gasteiger partial charge is 0.237 e. The van der Waals surface area contributed by atoms with Crippen LogP contribution in [0.5, 0.6) is 0 Å². The van der Waals surface area contributed by atoms with Gasteiger partial charge in [-0.05, 0) is 42.7 Å². The number of halogens is 1. The lowest BCUT2D eigenvalue weighted by atomic mass is 10.1. The Morgan fingerprint density at radius 1 is 1.24 bits per heavy atom. The largest absolute Gasteiger partial charge is 0.398 e. The van der Waals surface area contributed by atoms with Crippen LogP contribution in [-0.2, 0) is 11.2 Å². The highest BCUT2D eigenvalue weighted by Gasteiger charge is 2.25. The molecule has 0 bridgehead atoms. The number of nitrogens with two attached hydrogens (primary N) is 1. The molecule has 0 aromatic heterocycles. The van der Waals surface area contributed by atoms with Crippen molar-refractivity contribution in [3.8, 4) is 0 Å². The number of nitrogen functional groups attached to an aromatic ring is 1. The molecule has 3 N–H and O–H groups in total. The Morgan fingerprint density at radius 3 is 2.90 bits per heavy atom. The average Bonchev–Trinajstić information content (AvgIpc) is 2.62. The second kappa shape index (κ2) is 5.77. The molecule has 1 aliphatic rings. The average molecular weight is 302 g/mol. The number of fused-ring (bicyclic) bond motifs is 1. The molecule has 2 aromatic carbocycles. The van der Waals surface area contributed by atoms with E-state index in [2.05, 4.69) is 5.32 Å². The topological polar surface area (TPSA) is 55.1 Å². The fourth-order valence-electron chi connectivity index (χ4n) is 2.37. The number of carbonyl (C=O) groups excluding carboxylic acids is 1. The fourth-order valence-corrected chi connectivity index (χ4v) is 3.46. The summed E-state index contributed by atoms with van der Waals surface area (Å²) in [4.78, 5) is 12.9. The van der Waals surface area contributed by atoms with Gasteiger partial charge in [0.2, 0.25) is 5.91 Å². The van der Waals surface area contributed by atoms with Crippen LogP contribution in [0.1, 0.15) is 12.0 Å². The third-order valence-electron chi connectivity index (χ3n) is 3.49. The lowest BCUT2D eigenvalue weighted by Gasteiger charge is -2.14. The fraction of sp³-hybridized carbons (Fsp3) is 0.188. The van der Waals surface area contributed by atoms with Gasteiger partial charge >= 0.3 is 0 Å². The highest BCUT2D eigenvalue weighted by Crippen LogP contribution is 2.34. The molecular formula is C16H15FN2OS. The molecule has 1 heterocycles. The first-order valence-corrected chi connectivity index (χ1v) is 7.62. The van der Waals surface area contributed by atoms with Crippen molar-refractivity contribution in [2.24, 2.45) is 0 Å². The number of para-hydroxylation sites is 1. The molecule has 1 unspecified atom stereocenters. The first-order valence-electron chi connectivity index (χ1n) is 6.74. The van der Waals surface area contributed by atoms with E-state index in [1.54, 1.807) is 0 Å². The van der Waals surface area contributed by atoms with Crippen molar-refractivity contribution in [3.63, 3.8) is 0 Å². The van der Waals surface area contributed by atoms with Gasteiger partial charge in [0.05, 0.1) is 5.25 Å². The summed E-state index contributed by atoms with van der Waals surface area (Å²) in [5, 5.41) is 2.66. The van der Waals surface area contributed by atoms with Gasteiger partial charge in [-0.2, -0.15) is 0 Å². The Balaban J connectivity index is 1.81. The lowest BCUT2D eigenvalue weighted by molar-refractivity contribution is -0.115. The van der Waals surface area contributed by atoms with Gasteiger partial charge in [-0.15, -0.1) is 11.8 Å². The van der Waals surface area contributed by atoms with Gasteiger partial charge < -0.3 is 11.1 Å². The van der Waals surface area contributed by atoms with Gasteiger partial charge in [-0.25, -0.2) is 4.39 Å². The summed E-state index contributed by atoms with van der Waals surface area (Å²) in [5.74, 6) is -0.405. The van der Waals surface area contributed by atoms with E-state index in [0.29, 0.717) is 17.0 Å². The Bertz CT molecular complexity index is 690. The van der Waals surface area contributed by atoms with Gasteiger partial charge in [-0.3, -0.25) is 4.79 Å². The van der Waals surface area contributed by atoms with Crippen molar-refractivity contribution in [2.75, 3.05) is 11.1 Å². The zero-order valence-corrected chi connectivity index (χ0v) is 12.1. The highest BCUT2D eigenvalue weighted by molar-refractivity contribution is 8.00. The van der Waals surface area contributed by atoms with Crippen LogP contribution < -0.4 is 11.1 Å². The molecule has 0 aliphatic carbocycles. The minimum absolute atomic E-state index is 0.0615. The predicted molar refractivity (Wildman–Crippen MR) is 83.9 cm³/mol. The molecule has 21 heavy (non-hydrogen) atoms. The van der Waals surface area contributed by atoms with E-state index in [4.69, 9.17) is 5.73 Å². The van der Waals surface area contributed by atoms with E-state index in [9.17, 15) is 9.18 Å². The monoisotopic (exact) mass is 302 g/mol. The quantitative estimate of drug-likeness (QED) is 0.835. The zero-order chi connectivity index (χ0) is 14.8. The van der Waals surface area contributed by atoms with Gasteiger partial charge in [0.1, 0.15) is 5.82 Å². The third-order valence-corrected chi connectivity index (χ3v) is 4.83. The van der Waals surface area contributed by atoms with Gasteiger partial charge in [-0.1, -0.05) is 18.2 Å². The van der Waals surface area contributed by atoms with Crippen molar-refractivity contribution in [1.29, 1.82) is 0 Å². The summed E-state index contributed by atoms with van der Waals surface area (Å²) in [6, 6.07) is 12.0. The zero-order valence-electron chi connectivity index (χ0n) is 11.3. The Morgan fingerprint density at radius 2 is 2.05 bits per heavy atom. The van der Waals surface area contributed by atoms with Crippen LogP contribution in [0.4, 0.5) is 15.8 Å². The van der Waals surface area contributed by atoms with E-state index < -0.39 is 0 Å². The molecule has 1 aliphatic heterocycles. The van der Waals surface area contributed by atoms with Crippen molar-refractivity contribution in [2.45, 2.75) is 23.0 Å². The van der Waals surface area contributed by atoms with Gasteiger partial charge in [0.15, 0.2) is 0 Å². The molecule has 108 valence electrons. The van der Waals surface area contributed by atoms with Crippen LogP contribution in [0.3, 0.4) is 0 Å². The molecule has 3 nitrogen and oxygen atoms in total. The first-order chi connectivity index (χ1) is 10.1. The molecule has 5 heteroatoms. The van der Waals surface area contributed by atoms with Crippen LogP contribution in [0.2, 0.25) is 0 Å². The number of anilines is 2. The van der Waals surface area contributed by atoms with E-state index >= 15 is 0 Å². The number of hydrogen-bond donors (Lipinski definition) is 2. The standard InChI is InChI=1S/C16H15FN2OS/c17-11-6-7-12(18)15(9-11)21-14-8-5-10-3-1-2-4-13(10)19-16(14)20/h1-4,6-7,9,14H,5,8,18H2,(H,19,20). The normalized spacial score (nSPS) is 17.8. The summed E-state index contributed by atoms with van der Waals surface area (Å²) in [6.07, 6.45) is 1.51. The van der Waals surface area contributed by atoms with Gasteiger partial charge in [0.25, 0.3) is 0 Å². The summed E-state index contributed by atoms with van der Waals surface area (Å²) in [7, 11) is 0. The molecule has 0 fully saturated rings. The molecule has 0 radical (unpaired) electrons. The summed E-state index contributed by atoms with van der Waals surface area (Å²) in [5.41, 5.74) is 8.34. The van der Waals surface area contributed by atoms with Crippen LogP contribution >= 0.6 is 11.8 Å². The summed E-state index contributed by atoms with van der Waals surface area (Å²) >= 11 is 1.32. The Kier molecular flexibility index (Phi) is 3.84. The van der Waals surface area contributed by atoms with E-state index in [1.807, 2.05) is 24.3 Å². The molecular weight excluding hydrogens is 287 g/mol. The predicted octanol–water partition coefficient (Wildman–Crippen LogP) is 3.45. The van der Waals surface area contributed by atoms with Crippen molar-refractivity contribution < 1.29 is 9.18 Å². The molecule has 2 aromatic rings. The minimum Gasteiger partial charge on any atom is -0.398 e. The van der Waals surface area contributed by atoms with E-state index in [0.717, 1.165) is 17.7 Å². The maximum absolute atomic E-state index is 13.3. The van der Waals surface area contributed by atoms with Crippen molar-refractivity contribution in [1.82, 2.24) is 0 Å². The summed E-state index contributed by atoms with van der Waals surface area (Å²) in [6.45, 7) is 0. The maximum atomic E-state index is 13.3. The Labute approximate surface area is 126 Å². The number of rotatable bonds is 2. The molecule has 0 saturated heterocycles. The van der Waals surface area contributed by atoms with Crippen LogP contribution in [-0.4, -0.2) is 11.2 Å². The van der Waals surface area contributed by atoms with E-state index in [1.165, 1.54) is 30.0 Å². The van der Waals surface area contributed by atoms with E-state index in [-0.39, 0.29) is 17.0 Å². The van der Waals surface area contributed by atoms with Crippen molar-refractivity contribution >= 4 is 29.0 Å². The number of benzene rings is 2. The van der Waals surface area contributed by atoms with Gasteiger partial charge in [0, 0.05) is 16.3 Å². The second-order valence-electron chi connectivity index (χ2n) is 4.97. The first kappa shape index (κ1) is 13.9. The maximum Gasteiger partial charge on any atom is 0.237 e. The molecule has 1 atom stereocenters. The lowest BCUT2D eigenvalue weighted by Crippen LogP contribution is -2.23. The second-order valence-corrected chi connectivity index (χ2v) is 6.22.